The predicted octanol–water partition coefficient (Wildman–Crippen LogP) is 0.458. The monoisotopic (exact) mass is 546 g/mol. The van der Waals surface area contributed by atoms with Gasteiger partial charge in [0.05, 0.1) is 42.0 Å². The van der Waals surface area contributed by atoms with Gasteiger partial charge >= 0.3 is 0 Å². The second-order valence-electron chi connectivity index (χ2n) is 11.8. The third kappa shape index (κ3) is 4.00. The van der Waals surface area contributed by atoms with Crippen LogP contribution >= 0.6 is 0 Å². The molecule has 0 aliphatic carbocycles. The first-order valence-corrected chi connectivity index (χ1v) is 13.5. The van der Waals surface area contributed by atoms with E-state index in [4.69, 9.17) is 16.2 Å². The Labute approximate surface area is 231 Å². The molecule has 1 amide bonds. The summed E-state index contributed by atoms with van der Waals surface area (Å²) < 4.78 is 5.94. The molecule has 12 nitrogen and oxygen atoms in total. The molecule has 5 atom stereocenters. The molecule has 1 aromatic heterocycles. The first-order valence-electron chi connectivity index (χ1n) is 13.5. The Morgan fingerprint density at radius 1 is 1.23 bits per heavy atom. The van der Waals surface area contributed by atoms with Crippen molar-refractivity contribution in [2.24, 2.45) is 21.5 Å². The number of ketones is 1. The van der Waals surface area contributed by atoms with Crippen molar-refractivity contribution in [1.82, 2.24) is 20.2 Å². The van der Waals surface area contributed by atoms with Gasteiger partial charge in [0.1, 0.15) is 29.1 Å². The van der Waals surface area contributed by atoms with Crippen LogP contribution < -0.4 is 21.5 Å². The fourth-order valence-electron chi connectivity index (χ4n) is 6.64. The van der Waals surface area contributed by atoms with Crippen molar-refractivity contribution >= 4 is 23.5 Å². The molecule has 1 aromatic carbocycles. The van der Waals surface area contributed by atoms with Gasteiger partial charge in [0.2, 0.25) is 0 Å². The van der Waals surface area contributed by atoms with Gasteiger partial charge < -0.3 is 31.5 Å². The third-order valence-corrected chi connectivity index (χ3v) is 8.71. The summed E-state index contributed by atoms with van der Waals surface area (Å²) in [7, 11) is 0. The van der Waals surface area contributed by atoms with Gasteiger partial charge in [-0.15, -0.1) is 0 Å². The molecule has 2 aromatic rings. The number of fused-ring (bicyclic) bond motifs is 1. The number of guanidine groups is 1. The molecular formula is C28H34N8O4. The highest BCUT2D eigenvalue weighted by Gasteiger charge is 2.65. The average molecular weight is 547 g/mol. The normalized spacial score (nSPS) is 29.9. The predicted molar refractivity (Wildman–Crippen MR) is 147 cm³/mol. The van der Waals surface area contributed by atoms with Crippen molar-refractivity contribution in [3.63, 3.8) is 0 Å². The minimum absolute atomic E-state index is 0.0249. The van der Waals surface area contributed by atoms with Crippen molar-refractivity contribution in [2.75, 3.05) is 13.2 Å². The largest absolute Gasteiger partial charge is 0.492 e. The molecule has 4 aliphatic heterocycles. The van der Waals surface area contributed by atoms with E-state index >= 15 is 0 Å². The molecule has 5 heterocycles. The first kappa shape index (κ1) is 26.2. The molecule has 1 fully saturated rings. The maximum Gasteiger partial charge on any atom is 0.255 e. The average Bonchev–Trinajstić information content (AvgIpc) is 3.40. The number of nitrogens with two attached hydrogens (primary N) is 2. The smallest absolute Gasteiger partial charge is 0.255 e. The highest BCUT2D eigenvalue weighted by Crippen LogP contribution is 2.46. The Morgan fingerprint density at radius 3 is 2.80 bits per heavy atom. The molecule has 1 spiro atoms. The van der Waals surface area contributed by atoms with E-state index in [9.17, 15) is 14.7 Å². The van der Waals surface area contributed by atoms with Crippen LogP contribution in [0.25, 0.3) is 0 Å². The Kier molecular flexibility index (Phi) is 6.06. The van der Waals surface area contributed by atoms with Crippen molar-refractivity contribution in [3.05, 3.63) is 53.1 Å². The van der Waals surface area contributed by atoms with Gasteiger partial charge in [-0.1, -0.05) is 26.0 Å². The lowest BCUT2D eigenvalue weighted by atomic mass is 9.77. The maximum atomic E-state index is 13.6. The molecule has 0 bridgehead atoms. The molecule has 12 heteroatoms. The minimum Gasteiger partial charge on any atom is -0.492 e. The highest BCUT2D eigenvalue weighted by atomic mass is 16.5. The van der Waals surface area contributed by atoms with Crippen molar-refractivity contribution < 1.29 is 19.4 Å². The summed E-state index contributed by atoms with van der Waals surface area (Å²) in [6, 6.07) is 3.59. The number of nitrogens with zero attached hydrogens (tertiary/aromatic N) is 5. The topological polar surface area (TPSA) is 181 Å². The van der Waals surface area contributed by atoms with E-state index in [1.165, 1.54) is 6.20 Å². The zero-order chi connectivity index (χ0) is 28.4. The van der Waals surface area contributed by atoms with E-state index in [0.717, 1.165) is 12.0 Å². The number of aryl methyl sites for hydroxylation is 1. The Hall–Kier alpha value is -4.06. The van der Waals surface area contributed by atoms with Crippen molar-refractivity contribution in [2.45, 2.75) is 75.2 Å². The third-order valence-electron chi connectivity index (χ3n) is 8.71. The second-order valence-corrected chi connectivity index (χ2v) is 11.8. The van der Waals surface area contributed by atoms with E-state index < -0.39 is 29.8 Å². The van der Waals surface area contributed by atoms with Crippen LogP contribution in [0.4, 0.5) is 0 Å². The molecule has 210 valence electrons. The number of hydrogen-bond donors (Lipinski definition) is 4. The number of nitrogens with one attached hydrogen (secondary N) is 1. The number of para-hydroxylation sites is 1. The fraction of sp³-hybridized carbons (Fsp3) is 0.500. The Morgan fingerprint density at radius 2 is 2.02 bits per heavy atom. The lowest BCUT2D eigenvalue weighted by Gasteiger charge is -2.46. The maximum absolute atomic E-state index is 13.6. The van der Waals surface area contributed by atoms with Gasteiger partial charge in [0.15, 0.2) is 11.7 Å². The Bertz CT molecular complexity index is 1460. The summed E-state index contributed by atoms with van der Waals surface area (Å²) in [4.78, 5) is 46.0. The van der Waals surface area contributed by atoms with Crippen LogP contribution in [0.2, 0.25) is 0 Å². The second kappa shape index (κ2) is 9.26. The number of carbonyl (C=O) groups excluding carboxylic acids is 2. The van der Waals surface area contributed by atoms with E-state index in [-0.39, 0.29) is 48.1 Å². The lowest BCUT2D eigenvalue weighted by molar-refractivity contribution is 0.0275. The number of ether oxygens (including phenoxy) is 1. The van der Waals surface area contributed by atoms with Crippen LogP contribution in [-0.4, -0.2) is 86.4 Å². The van der Waals surface area contributed by atoms with Crippen LogP contribution in [0, 0.1) is 6.92 Å². The summed E-state index contributed by atoms with van der Waals surface area (Å²) >= 11 is 0. The van der Waals surface area contributed by atoms with E-state index in [2.05, 4.69) is 39.1 Å². The number of aliphatic imine (C=N–C) groups is 2. The van der Waals surface area contributed by atoms with Gasteiger partial charge in [-0.25, -0.2) is 9.98 Å². The van der Waals surface area contributed by atoms with Crippen LogP contribution in [0.3, 0.4) is 0 Å². The summed E-state index contributed by atoms with van der Waals surface area (Å²) in [5, 5.41) is 14.8. The van der Waals surface area contributed by atoms with E-state index in [0.29, 0.717) is 29.4 Å². The van der Waals surface area contributed by atoms with Crippen molar-refractivity contribution in [1.29, 1.82) is 0 Å². The van der Waals surface area contributed by atoms with Crippen LogP contribution in [0.15, 0.2) is 40.6 Å². The van der Waals surface area contributed by atoms with Crippen LogP contribution in [0.5, 0.6) is 5.75 Å². The molecule has 0 saturated carbocycles. The first-order chi connectivity index (χ1) is 19.0. The number of carbonyl (C=O) groups is 2. The quantitative estimate of drug-likeness (QED) is 0.387. The molecule has 0 radical (unpaired) electrons. The number of amides is 1. The number of rotatable bonds is 5. The number of hydrogen-bond acceptors (Lipinski definition) is 11. The summed E-state index contributed by atoms with van der Waals surface area (Å²) in [6.45, 7) is 6.76. The zero-order valence-electron chi connectivity index (χ0n) is 22.8. The van der Waals surface area contributed by atoms with Crippen LogP contribution in [0.1, 0.15) is 65.2 Å². The molecule has 4 aliphatic rings. The molecule has 1 saturated heterocycles. The minimum atomic E-state index is -1.08. The molecule has 6 rings (SSSR count). The zero-order valence-corrected chi connectivity index (χ0v) is 22.8. The summed E-state index contributed by atoms with van der Waals surface area (Å²) in [6.07, 6.45) is 2.98. The number of aromatic nitrogens is 2. The van der Waals surface area contributed by atoms with Gasteiger partial charge in [-0.2, -0.15) is 0 Å². The van der Waals surface area contributed by atoms with Crippen LogP contribution in [-0.2, 0) is 5.41 Å². The molecule has 40 heavy (non-hydrogen) atoms. The molecule has 1 unspecified atom stereocenters. The lowest BCUT2D eigenvalue weighted by Crippen LogP contribution is -2.66. The number of amidine groups is 1. The van der Waals surface area contributed by atoms with Gasteiger partial charge in [0.25, 0.3) is 5.91 Å². The van der Waals surface area contributed by atoms with Gasteiger partial charge in [0, 0.05) is 31.1 Å². The number of aliphatic hydroxyl groups is 1. The van der Waals surface area contributed by atoms with E-state index in [1.807, 2.05) is 12.1 Å². The number of aliphatic hydroxyl groups excluding tert-OH is 1. The van der Waals surface area contributed by atoms with Crippen molar-refractivity contribution in [3.8, 4) is 5.75 Å². The number of benzene rings is 1. The Balaban J connectivity index is 1.27. The fourth-order valence-corrected chi connectivity index (χ4v) is 6.64. The molecular weight excluding hydrogens is 512 g/mol. The number of Topliss-reactive ketones (excluding diaryl/α,β-unsaturated/α-hetero) is 1. The SMILES string of the molecule is Cc1cncc(C(=O)C[C@@H]2N=C(N)N3CC(NC(=O)c4cccc5c4OCCC5(C)C)[C@@H](O)[C@@]34CC(N)=N[C@@H]24)n1. The van der Waals surface area contributed by atoms with Gasteiger partial charge in [-0.05, 0) is 24.8 Å². The highest BCUT2D eigenvalue weighted by molar-refractivity contribution is 5.98. The molecule has 6 N–H and O–H groups in total. The van der Waals surface area contributed by atoms with Gasteiger partial charge in [-0.3, -0.25) is 19.6 Å². The standard InChI is InChI=1S/C28H34N8O4/c1-14-11-31-12-18(32-14)20(37)9-17-23-28(10-21(29)35-23)24(38)19(13-36(28)26(30)34-17)33-25(39)15-5-4-6-16-22(15)40-8-7-27(16,2)3/h4-6,11-12,17,19,23-24,38H,7-10,13H2,1-3H3,(H2,29,35)(H2,30,34)(H,33,39)/t17-,19?,23-,24+,28-/m0/s1. The van der Waals surface area contributed by atoms with E-state index in [1.54, 1.807) is 24.1 Å². The summed E-state index contributed by atoms with van der Waals surface area (Å²) in [5.74, 6) is 0.484. The summed E-state index contributed by atoms with van der Waals surface area (Å²) in [5.41, 5.74) is 13.8.